The number of hydrogen-bond acceptors (Lipinski definition) is 7. The van der Waals surface area contributed by atoms with E-state index in [1.807, 2.05) is 60.7 Å². The third-order valence-electron chi connectivity index (χ3n) is 7.86. The zero-order chi connectivity index (χ0) is 28.6. The molecule has 7 nitrogen and oxygen atoms in total. The Balaban J connectivity index is 1.37. The smallest absolute Gasteiger partial charge is 0.327 e. The quantitative estimate of drug-likeness (QED) is 0.285. The zero-order valence-corrected chi connectivity index (χ0v) is 24.8. The van der Waals surface area contributed by atoms with Gasteiger partial charge in [-0.15, -0.1) is 23.2 Å². The summed E-state index contributed by atoms with van der Waals surface area (Å²) in [7, 11) is 0. The van der Waals surface area contributed by atoms with Crippen LogP contribution in [-0.2, 0) is 35.0 Å². The molecule has 2 heterocycles. The summed E-state index contributed by atoms with van der Waals surface area (Å²) < 4.78 is 18.2. The van der Waals surface area contributed by atoms with Crippen molar-refractivity contribution >= 4 is 35.1 Å². The second-order valence-corrected chi connectivity index (χ2v) is 12.2. The van der Waals surface area contributed by atoms with Gasteiger partial charge in [0.25, 0.3) is 0 Å². The van der Waals surface area contributed by atoms with Crippen LogP contribution in [0.3, 0.4) is 0 Å². The van der Waals surface area contributed by atoms with E-state index in [0.29, 0.717) is 38.8 Å². The zero-order valence-electron chi connectivity index (χ0n) is 23.3. The number of carbonyl (C=O) groups is 2. The third-order valence-corrected chi connectivity index (χ3v) is 8.83. The second kappa shape index (κ2) is 13.7. The normalized spacial score (nSPS) is 23.6. The highest BCUT2D eigenvalue weighted by Crippen LogP contribution is 2.39. The Bertz CT molecular complexity index is 1110. The van der Waals surface area contributed by atoms with Gasteiger partial charge in [-0.25, -0.2) is 0 Å². The molecule has 2 N–H and O–H groups in total. The molecule has 0 aliphatic carbocycles. The van der Waals surface area contributed by atoms with E-state index in [4.69, 9.17) is 37.4 Å². The van der Waals surface area contributed by atoms with Crippen molar-refractivity contribution in [1.82, 2.24) is 10.6 Å². The van der Waals surface area contributed by atoms with E-state index in [2.05, 4.69) is 10.6 Å². The molecule has 0 amide bonds. The first-order chi connectivity index (χ1) is 19.2. The van der Waals surface area contributed by atoms with Gasteiger partial charge in [-0.3, -0.25) is 9.59 Å². The fourth-order valence-electron chi connectivity index (χ4n) is 5.35. The average Bonchev–Trinajstić information content (AvgIpc) is 2.98. The first kappa shape index (κ1) is 30.8. The van der Waals surface area contributed by atoms with E-state index in [1.54, 1.807) is 13.8 Å². The van der Waals surface area contributed by atoms with Crippen molar-refractivity contribution < 1.29 is 23.8 Å². The number of halogens is 2. The average molecular weight is 592 g/mol. The molecule has 0 radical (unpaired) electrons. The van der Waals surface area contributed by atoms with Crippen molar-refractivity contribution in [2.45, 2.75) is 62.2 Å². The predicted molar refractivity (Wildman–Crippen MR) is 157 cm³/mol. The van der Waals surface area contributed by atoms with Gasteiger partial charge in [-0.2, -0.15) is 0 Å². The minimum atomic E-state index is -0.944. The summed E-state index contributed by atoms with van der Waals surface area (Å²) in [6.45, 7) is 6.04. The molecule has 2 fully saturated rings. The van der Waals surface area contributed by atoms with Gasteiger partial charge in [0.2, 0.25) is 0 Å². The van der Waals surface area contributed by atoms with Crippen LogP contribution in [0.5, 0.6) is 0 Å². The van der Waals surface area contributed by atoms with Gasteiger partial charge in [0.05, 0.1) is 18.6 Å². The lowest BCUT2D eigenvalue weighted by Gasteiger charge is -2.42. The highest BCUT2D eigenvalue weighted by Gasteiger charge is 2.44. The van der Waals surface area contributed by atoms with Crippen LogP contribution in [-0.4, -0.2) is 62.1 Å². The molecule has 2 aromatic carbocycles. The molecule has 3 atom stereocenters. The molecule has 2 saturated heterocycles. The molecule has 9 heteroatoms. The minimum absolute atomic E-state index is 0.0130. The molecular weight excluding hydrogens is 551 g/mol. The van der Waals surface area contributed by atoms with Crippen molar-refractivity contribution in [2.24, 2.45) is 5.41 Å². The number of rotatable bonds is 11. The van der Waals surface area contributed by atoms with Crippen LogP contribution in [0.15, 0.2) is 60.7 Å². The molecule has 0 aromatic heterocycles. The van der Waals surface area contributed by atoms with Gasteiger partial charge >= 0.3 is 11.9 Å². The summed E-state index contributed by atoms with van der Waals surface area (Å²) in [5, 5.41) is 5.84. The van der Waals surface area contributed by atoms with Crippen LogP contribution in [0.25, 0.3) is 0 Å². The van der Waals surface area contributed by atoms with Gasteiger partial charge in [0.15, 0.2) is 5.38 Å². The molecule has 0 bridgehead atoms. The predicted octanol–water partition coefficient (Wildman–Crippen LogP) is 4.89. The maximum Gasteiger partial charge on any atom is 0.327 e. The number of carbonyl (C=O) groups excluding carboxylic acids is 2. The van der Waals surface area contributed by atoms with Crippen molar-refractivity contribution in [2.75, 3.05) is 38.7 Å². The Hall–Kier alpha value is -2.16. The minimum Gasteiger partial charge on any atom is -0.454 e. The molecule has 4 rings (SSSR count). The molecule has 40 heavy (non-hydrogen) atoms. The first-order valence-corrected chi connectivity index (χ1v) is 15.0. The molecule has 0 saturated carbocycles. The topological polar surface area (TPSA) is 85.9 Å². The van der Waals surface area contributed by atoms with E-state index in [1.165, 1.54) is 0 Å². The van der Waals surface area contributed by atoms with Crippen LogP contribution in [0, 0.1) is 5.41 Å². The van der Waals surface area contributed by atoms with Crippen LogP contribution in [0.1, 0.15) is 50.7 Å². The lowest BCUT2D eigenvalue weighted by molar-refractivity contribution is -0.176. The second-order valence-electron chi connectivity index (χ2n) is 11.4. The number of alkyl halides is 2. The van der Waals surface area contributed by atoms with E-state index in [9.17, 15) is 9.59 Å². The highest BCUT2D eigenvalue weighted by atomic mass is 35.5. The Kier molecular flexibility index (Phi) is 10.5. The number of benzene rings is 2. The van der Waals surface area contributed by atoms with E-state index >= 15 is 0 Å². The summed E-state index contributed by atoms with van der Waals surface area (Å²) in [4.78, 5) is 26.2. The molecular formula is C31H40Cl2N2O5. The van der Waals surface area contributed by atoms with Crippen molar-refractivity contribution in [3.63, 3.8) is 0 Å². The summed E-state index contributed by atoms with van der Waals surface area (Å²) in [5.41, 5.74) is -0.398. The fourth-order valence-corrected chi connectivity index (χ4v) is 5.60. The lowest BCUT2D eigenvalue weighted by Crippen LogP contribution is -2.51. The Morgan fingerprint density at radius 2 is 1.50 bits per heavy atom. The standard InChI is InChI=1S/C31H40Cl2N2O5/c1-29(2,22-32)28(37)40-31(24-11-7-4-8-12-24)15-18-35-25(19-31)20-38-21-26(33)27(36)39-30(13-16-34-17-14-30)23-9-5-3-6-10-23/h3-12,25-26,34-35H,13-22H2,1-2H3. The van der Waals surface area contributed by atoms with Gasteiger partial charge in [0.1, 0.15) is 11.2 Å². The molecule has 2 aliphatic heterocycles. The summed E-state index contributed by atoms with van der Waals surface area (Å²) in [5.74, 6) is -0.654. The monoisotopic (exact) mass is 590 g/mol. The Labute approximate surface area is 247 Å². The number of piperidine rings is 2. The number of hydrogen-bond donors (Lipinski definition) is 2. The van der Waals surface area contributed by atoms with E-state index < -0.39 is 28.0 Å². The van der Waals surface area contributed by atoms with Gasteiger partial charge in [-0.05, 0) is 44.6 Å². The molecule has 2 aromatic rings. The summed E-state index contributed by atoms with van der Waals surface area (Å²) in [6.07, 6.45) is 2.50. The highest BCUT2D eigenvalue weighted by molar-refractivity contribution is 6.30. The fraction of sp³-hybridized carbons (Fsp3) is 0.548. The molecule has 0 spiro atoms. The SMILES string of the molecule is CC(C)(CCl)C(=O)OC1(c2ccccc2)CCNC(COCC(Cl)C(=O)OC2(c3ccccc3)CCNCC2)C1. The van der Waals surface area contributed by atoms with Gasteiger partial charge in [0, 0.05) is 37.6 Å². The van der Waals surface area contributed by atoms with E-state index in [0.717, 1.165) is 24.2 Å². The third kappa shape index (κ3) is 7.37. The van der Waals surface area contributed by atoms with Crippen LogP contribution in [0.4, 0.5) is 0 Å². The largest absolute Gasteiger partial charge is 0.454 e. The number of ether oxygens (including phenoxy) is 3. The van der Waals surface area contributed by atoms with Gasteiger partial charge in [-0.1, -0.05) is 60.7 Å². The van der Waals surface area contributed by atoms with Crippen LogP contribution < -0.4 is 10.6 Å². The summed E-state index contributed by atoms with van der Waals surface area (Å²) >= 11 is 12.6. The van der Waals surface area contributed by atoms with E-state index in [-0.39, 0.29) is 24.5 Å². The maximum absolute atomic E-state index is 13.1. The van der Waals surface area contributed by atoms with Gasteiger partial charge < -0.3 is 24.8 Å². The summed E-state index contributed by atoms with van der Waals surface area (Å²) in [6, 6.07) is 19.5. The van der Waals surface area contributed by atoms with Crippen LogP contribution in [0.2, 0.25) is 0 Å². The van der Waals surface area contributed by atoms with Crippen molar-refractivity contribution in [3.05, 3.63) is 71.8 Å². The number of nitrogens with one attached hydrogen (secondary N) is 2. The Morgan fingerprint density at radius 3 is 2.10 bits per heavy atom. The van der Waals surface area contributed by atoms with Crippen molar-refractivity contribution in [1.29, 1.82) is 0 Å². The first-order valence-electron chi connectivity index (χ1n) is 14.0. The Morgan fingerprint density at radius 1 is 0.925 bits per heavy atom. The maximum atomic E-state index is 13.1. The van der Waals surface area contributed by atoms with Crippen LogP contribution >= 0.6 is 23.2 Å². The lowest BCUT2D eigenvalue weighted by atomic mass is 9.81. The van der Waals surface area contributed by atoms with Crippen molar-refractivity contribution in [3.8, 4) is 0 Å². The molecule has 3 unspecified atom stereocenters. The molecule has 218 valence electrons. The number of esters is 2. The molecule has 2 aliphatic rings.